The highest BCUT2D eigenvalue weighted by Gasteiger charge is 2.44. The van der Waals surface area contributed by atoms with Crippen LogP contribution in [0.1, 0.15) is 110 Å². The van der Waals surface area contributed by atoms with E-state index in [2.05, 4.69) is 37.8 Å². The number of carbonyl (C=O) groups excluding carboxylic acids is 2. The summed E-state index contributed by atoms with van der Waals surface area (Å²) in [4.78, 5) is 24.9. The molecule has 10 nitrogen and oxygen atoms in total. The first kappa shape index (κ1) is 39.9. The van der Waals surface area contributed by atoms with Crippen LogP contribution in [0.2, 0.25) is 0 Å². The molecule has 0 aromatic rings. The van der Waals surface area contributed by atoms with E-state index in [1.807, 2.05) is 6.08 Å². The fraction of sp³-hybridized carbons (Fsp3) is 0.765. The number of allylic oxidation sites excluding steroid dienone is 5. The number of ether oxygens (including phenoxy) is 4. The van der Waals surface area contributed by atoms with Crippen molar-refractivity contribution in [1.82, 2.24) is 0 Å². The van der Waals surface area contributed by atoms with Crippen molar-refractivity contribution in [2.24, 2.45) is 0 Å². The molecule has 0 saturated carbocycles. The number of hydrogen-bond acceptors (Lipinski definition) is 10. The molecule has 1 saturated heterocycles. The number of hydrogen-bond donors (Lipinski definition) is 4. The summed E-state index contributed by atoms with van der Waals surface area (Å²) in [6, 6.07) is 0. The molecule has 0 bridgehead atoms. The van der Waals surface area contributed by atoms with Crippen molar-refractivity contribution in [3.63, 3.8) is 0 Å². The Balaban J connectivity index is 2.45. The molecule has 0 aliphatic carbocycles. The maximum Gasteiger partial charge on any atom is 0.306 e. The molecule has 6 atom stereocenters. The van der Waals surface area contributed by atoms with E-state index < -0.39 is 55.4 Å². The molecule has 1 rings (SSSR count). The minimum atomic E-state index is -1.59. The zero-order chi connectivity index (χ0) is 32.4. The third-order valence-electron chi connectivity index (χ3n) is 7.42. The summed E-state index contributed by atoms with van der Waals surface area (Å²) in [6.45, 7) is 4.73. The number of unbranched alkanes of at least 4 members (excludes halogenated alkanes) is 10. The Hall–Kier alpha value is -2.08. The summed E-state index contributed by atoms with van der Waals surface area (Å²) in [5.74, 6) is -0.847. The van der Waals surface area contributed by atoms with Gasteiger partial charge >= 0.3 is 11.9 Å². The van der Waals surface area contributed by atoms with Gasteiger partial charge in [-0.1, -0.05) is 88.7 Å². The van der Waals surface area contributed by atoms with Gasteiger partial charge in [0.25, 0.3) is 0 Å². The Kier molecular flexibility index (Phi) is 23.8. The van der Waals surface area contributed by atoms with Gasteiger partial charge in [0.2, 0.25) is 0 Å². The lowest BCUT2D eigenvalue weighted by molar-refractivity contribution is -0.305. The first-order valence-electron chi connectivity index (χ1n) is 16.5. The Labute approximate surface area is 264 Å². The topological polar surface area (TPSA) is 152 Å². The average Bonchev–Trinajstić information content (AvgIpc) is 3.02. The highest BCUT2D eigenvalue weighted by atomic mass is 16.7. The summed E-state index contributed by atoms with van der Waals surface area (Å²) in [6.07, 6.45) is 16.6. The predicted molar refractivity (Wildman–Crippen MR) is 169 cm³/mol. The van der Waals surface area contributed by atoms with Crippen molar-refractivity contribution in [3.8, 4) is 0 Å². The van der Waals surface area contributed by atoms with Crippen LogP contribution < -0.4 is 0 Å². The van der Waals surface area contributed by atoms with E-state index >= 15 is 0 Å². The van der Waals surface area contributed by atoms with E-state index in [9.17, 15) is 30.0 Å². The minimum absolute atomic E-state index is 0.208. The minimum Gasteiger partial charge on any atom is -0.462 e. The van der Waals surface area contributed by atoms with E-state index in [0.717, 1.165) is 77.0 Å². The number of carbonyl (C=O) groups is 2. The molecule has 1 heterocycles. The summed E-state index contributed by atoms with van der Waals surface area (Å²) in [7, 11) is 0. The normalized spacial score (nSPS) is 22.8. The highest BCUT2D eigenvalue weighted by Crippen LogP contribution is 2.22. The second-order valence-electron chi connectivity index (χ2n) is 11.4. The third kappa shape index (κ3) is 18.7. The number of aliphatic hydroxyl groups excluding tert-OH is 4. The van der Waals surface area contributed by atoms with Gasteiger partial charge in [0, 0.05) is 12.8 Å². The van der Waals surface area contributed by atoms with Crippen LogP contribution in [-0.2, 0) is 28.5 Å². The Morgan fingerprint density at radius 3 is 2.07 bits per heavy atom. The summed E-state index contributed by atoms with van der Waals surface area (Å²) in [5, 5.41) is 39.7. The standard InChI is InChI=1S/C34H58O10/c1-3-5-7-9-11-12-13-14-15-16-17-19-21-23-30(37)43-27(25-41-29(36)22-20-18-10-8-6-4-2)26-42-34-33(40)32(39)31(38)28(24-35)44-34/h3,7,9,12-13,27-28,31-35,38-40H,1,4-6,8,10-11,14-26H2,2H3/b9-7+,13-12-/t27-,28-,31+,32+,33-,34-/m1/s1. The van der Waals surface area contributed by atoms with Crippen molar-refractivity contribution in [1.29, 1.82) is 0 Å². The molecule has 0 spiro atoms. The zero-order valence-electron chi connectivity index (χ0n) is 26.7. The molecule has 1 aliphatic rings. The Morgan fingerprint density at radius 2 is 1.39 bits per heavy atom. The molecule has 4 N–H and O–H groups in total. The van der Waals surface area contributed by atoms with Gasteiger partial charge < -0.3 is 39.4 Å². The molecule has 10 heteroatoms. The van der Waals surface area contributed by atoms with Crippen LogP contribution in [0, 0.1) is 0 Å². The Morgan fingerprint density at radius 1 is 0.773 bits per heavy atom. The van der Waals surface area contributed by atoms with Gasteiger partial charge in [0.1, 0.15) is 31.0 Å². The van der Waals surface area contributed by atoms with Gasteiger partial charge in [-0.05, 0) is 38.5 Å². The zero-order valence-corrected chi connectivity index (χ0v) is 26.7. The lowest BCUT2D eigenvalue weighted by Gasteiger charge is -2.39. The number of esters is 2. The molecule has 0 aromatic carbocycles. The van der Waals surface area contributed by atoms with E-state index in [-0.39, 0.29) is 26.1 Å². The highest BCUT2D eigenvalue weighted by molar-refractivity contribution is 5.70. The molecular formula is C34H58O10. The van der Waals surface area contributed by atoms with Gasteiger partial charge in [-0.3, -0.25) is 9.59 Å². The van der Waals surface area contributed by atoms with Crippen LogP contribution in [0.4, 0.5) is 0 Å². The summed E-state index contributed by atoms with van der Waals surface area (Å²) in [5.41, 5.74) is 0. The van der Waals surface area contributed by atoms with E-state index in [1.165, 1.54) is 6.42 Å². The molecule has 1 fully saturated rings. The third-order valence-corrected chi connectivity index (χ3v) is 7.42. The van der Waals surface area contributed by atoms with E-state index in [4.69, 9.17) is 18.9 Å². The van der Waals surface area contributed by atoms with Crippen LogP contribution in [0.5, 0.6) is 0 Å². The molecular weight excluding hydrogens is 568 g/mol. The summed E-state index contributed by atoms with van der Waals surface area (Å²) >= 11 is 0. The molecule has 1 aliphatic heterocycles. The van der Waals surface area contributed by atoms with Crippen molar-refractivity contribution >= 4 is 11.9 Å². The molecule has 254 valence electrons. The lowest BCUT2D eigenvalue weighted by Crippen LogP contribution is -2.59. The predicted octanol–water partition coefficient (Wildman–Crippen LogP) is 4.82. The fourth-order valence-electron chi connectivity index (χ4n) is 4.72. The van der Waals surface area contributed by atoms with Gasteiger partial charge in [0.15, 0.2) is 12.4 Å². The SMILES string of the molecule is C=CC/C=C/C/C=C\CCCCCCCC(=O)O[C@H](COC(=O)CCCCCCCC)CO[C@@H]1O[C@H](CO)[C@H](O)[C@H](O)[C@H]1O. The molecule has 0 amide bonds. The second kappa shape index (κ2) is 26.2. The van der Waals surface area contributed by atoms with Crippen molar-refractivity contribution in [3.05, 3.63) is 37.0 Å². The summed E-state index contributed by atoms with van der Waals surface area (Å²) < 4.78 is 21.8. The monoisotopic (exact) mass is 626 g/mol. The Bertz CT molecular complexity index is 812. The van der Waals surface area contributed by atoms with Gasteiger partial charge in [-0.25, -0.2) is 0 Å². The van der Waals surface area contributed by atoms with Gasteiger partial charge in [0.05, 0.1) is 13.2 Å². The van der Waals surface area contributed by atoms with Crippen LogP contribution in [-0.4, -0.2) is 89.0 Å². The van der Waals surface area contributed by atoms with Gasteiger partial charge in [-0.2, -0.15) is 0 Å². The maximum absolute atomic E-state index is 12.6. The first-order chi connectivity index (χ1) is 21.3. The molecule has 0 radical (unpaired) electrons. The molecule has 0 unspecified atom stereocenters. The quantitative estimate of drug-likeness (QED) is 0.0598. The second-order valence-corrected chi connectivity index (χ2v) is 11.4. The molecule has 44 heavy (non-hydrogen) atoms. The van der Waals surface area contributed by atoms with E-state index in [1.54, 1.807) is 0 Å². The maximum atomic E-state index is 12.6. The first-order valence-corrected chi connectivity index (χ1v) is 16.5. The van der Waals surface area contributed by atoms with E-state index in [0.29, 0.717) is 6.42 Å². The average molecular weight is 627 g/mol. The number of aliphatic hydroxyl groups is 4. The van der Waals surface area contributed by atoms with Gasteiger partial charge in [-0.15, -0.1) is 6.58 Å². The van der Waals surface area contributed by atoms with Crippen LogP contribution in [0.3, 0.4) is 0 Å². The van der Waals surface area contributed by atoms with Crippen LogP contribution in [0.15, 0.2) is 37.0 Å². The smallest absolute Gasteiger partial charge is 0.306 e. The van der Waals surface area contributed by atoms with Crippen LogP contribution >= 0.6 is 0 Å². The van der Waals surface area contributed by atoms with Crippen molar-refractivity contribution in [2.45, 2.75) is 146 Å². The molecule has 0 aromatic heterocycles. The fourth-order valence-corrected chi connectivity index (χ4v) is 4.72. The largest absolute Gasteiger partial charge is 0.462 e. The lowest BCUT2D eigenvalue weighted by atomic mass is 9.99. The van der Waals surface area contributed by atoms with Crippen molar-refractivity contribution in [2.75, 3.05) is 19.8 Å². The number of rotatable bonds is 26. The van der Waals surface area contributed by atoms with Crippen LogP contribution in [0.25, 0.3) is 0 Å². The van der Waals surface area contributed by atoms with Crippen molar-refractivity contribution < 1.29 is 49.0 Å².